The van der Waals surface area contributed by atoms with Gasteiger partial charge in [-0.3, -0.25) is 0 Å². The molecule has 1 aromatic carbocycles. The Labute approximate surface area is 120 Å². The Bertz CT molecular complexity index is 731. The van der Waals surface area contributed by atoms with Crippen molar-refractivity contribution < 1.29 is 13.8 Å². The highest BCUT2D eigenvalue weighted by Gasteiger charge is 2.18. The number of ether oxygens (including phenoxy) is 1. The molecule has 3 rings (SSSR count). The van der Waals surface area contributed by atoms with E-state index < -0.39 is 0 Å². The molecule has 0 aliphatic carbocycles. The van der Waals surface area contributed by atoms with Crippen LogP contribution in [0.2, 0.25) is 0 Å². The summed E-state index contributed by atoms with van der Waals surface area (Å²) < 4.78 is 15.4. The van der Waals surface area contributed by atoms with Gasteiger partial charge in [0.05, 0.1) is 7.11 Å². The minimum absolute atomic E-state index is 0.173. The van der Waals surface area contributed by atoms with Crippen molar-refractivity contribution >= 4 is 0 Å². The standard InChI is InChI=1S/C14H14N4O3/c1-8(2)11-15-13(20-17-11)14-16-12(18-21-14)9-4-6-10(19-3)7-5-9/h4-8H,1-3H3. The molecule has 0 saturated carbocycles. The van der Waals surface area contributed by atoms with Crippen molar-refractivity contribution in [3.63, 3.8) is 0 Å². The van der Waals surface area contributed by atoms with Crippen molar-refractivity contribution in [1.29, 1.82) is 0 Å². The SMILES string of the molecule is COc1ccc(-c2noc(-c3nc(C(C)C)no3)n2)cc1. The number of hydrogen-bond donors (Lipinski definition) is 0. The molecule has 0 aliphatic rings. The van der Waals surface area contributed by atoms with E-state index in [1.165, 1.54) is 0 Å². The molecule has 0 atom stereocenters. The summed E-state index contributed by atoms with van der Waals surface area (Å²) in [5.74, 6) is 2.43. The minimum atomic E-state index is 0.173. The molecular formula is C14H14N4O3. The maximum atomic E-state index is 5.17. The first kappa shape index (κ1) is 13.3. The van der Waals surface area contributed by atoms with Crippen LogP contribution >= 0.6 is 0 Å². The van der Waals surface area contributed by atoms with Gasteiger partial charge in [-0.05, 0) is 24.3 Å². The van der Waals surface area contributed by atoms with Crippen molar-refractivity contribution in [3.8, 4) is 28.9 Å². The largest absolute Gasteiger partial charge is 0.497 e. The Morgan fingerprint density at radius 1 is 0.952 bits per heavy atom. The van der Waals surface area contributed by atoms with Gasteiger partial charge in [0.25, 0.3) is 0 Å². The molecule has 0 bridgehead atoms. The third-order valence-corrected chi connectivity index (χ3v) is 2.92. The van der Waals surface area contributed by atoms with Gasteiger partial charge in [-0.25, -0.2) is 0 Å². The van der Waals surface area contributed by atoms with Gasteiger partial charge < -0.3 is 13.8 Å². The van der Waals surface area contributed by atoms with Crippen LogP contribution in [0.4, 0.5) is 0 Å². The Balaban J connectivity index is 1.87. The molecule has 0 N–H and O–H groups in total. The molecule has 0 unspecified atom stereocenters. The van der Waals surface area contributed by atoms with Crippen LogP contribution in [0.25, 0.3) is 23.2 Å². The van der Waals surface area contributed by atoms with E-state index in [4.69, 9.17) is 13.8 Å². The summed E-state index contributed by atoms with van der Waals surface area (Å²) in [7, 11) is 1.61. The normalized spacial score (nSPS) is 11.0. The van der Waals surface area contributed by atoms with E-state index in [1.807, 2.05) is 38.1 Å². The summed E-state index contributed by atoms with van der Waals surface area (Å²) in [4.78, 5) is 8.48. The van der Waals surface area contributed by atoms with E-state index in [2.05, 4.69) is 20.3 Å². The zero-order chi connectivity index (χ0) is 14.8. The summed E-state index contributed by atoms with van der Waals surface area (Å²) in [6.45, 7) is 3.95. The van der Waals surface area contributed by atoms with Gasteiger partial charge in [0.2, 0.25) is 5.82 Å². The van der Waals surface area contributed by atoms with Crippen LogP contribution in [0.15, 0.2) is 33.3 Å². The second-order valence-electron chi connectivity index (χ2n) is 4.76. The highest BCUT2D eigenvalue weighted by atomic mass is 16.5. The van der Waals surface area contributed by atoms with Crippen LogP contribution < -0.4 is 4.74 Å². The minimum Gasteiger partial charge on any atom is -0.497 e. The molecule has 0 amide bonds. The summed E-state index contributed by atoms with van der Waals surface area (Å²) in [6.07, 6.45) is 0. The van der Waals surface area contributed by atoms with Crippen LogP contribution in [0.1, 0.15) is 25.6 Å². The summed E-state index contributed by atoms with van der Waals surface area (Å²) in [6, 6.07) is 7.35. The quantitative estimate of drug-likeness (QED) is 0.728. The maximum Gasteiger partial charge on any atom is 0.316 e. The average molecular weight is 286 g/mol. The second-order valence-corrected chi connectivity index (χ2v) is 4.76. The van der Waals surface area contributed by atoms with E-state index in [0.29, 0.717) is 11.6 Å². The van der Waals surface area contributed by atoms with Crippen molar-refractivity contribution in [2.75, 3.05) is 7.11 Å². The number of rotatable bonds is 4. The van der Waals surface area contributed by atoms with Crippen LogP contribution in [0.3, 0.4) is 0 Å². The average Bonchev–Trinajstić information content (AvgIpc) is 3.16. The Hall–Kier alpha value is -2.70. The lowest BCUT2D eigenvalue weighted by molar-refractivity contribution is 0.378. The lowest BCUT2D eigenvalue weighted by Crippen LogP contribution is -1.89. The molecule has 7 nitrogen and oxygen atoms in total. The maximum absolute atomic E-state index is 5.17. The zero-order valence-electron chi connectivity index (χ0n) is 11.9. The van der Waals surface area contributed by atoms with E-state index in [9.17, 15) is 0 Å². The third kappa shape index (κ3) is 2.62. The third-order valence-electron chi connectivity index (χ3n) is 2.92. The first-order valence-electron chi connectivity index (χ1n) is 6.49. The van der Waals surface area contributed by atoms with Crippen LogP contribution in [0.5, 0.6) is 5.75 Å². The van der Waals surface area contributed by atoms with Gasteiger partial charge in [-0.15, -0.1) is 0 Å². The monoisotopic (exact) mass is 286 g/mol. The van der Waals surface area contributed by atoms with Crippen molar-refractivity contribution in [1.82, 2.24) is 20.3 Å². The highest BCUT2D eigenvalue weighted by Crippen LogP contribution is 2.23. The fourth-order valence-corrected chi connectivity index (χ4v) is 1.72. The van der Waals surface area contributed by atoms with Crippen molar-refractivity contribution in [2.45, 2.75) is 19.8 Å². The molecule has 0 saturated heterocycles. The van der Waals surface area contributed by atoms with Gasteiger partial charge in [0.15, 0.2) is 5.82 Å². The topological polar surface area (TPSA) is 87.1 Å². The van der Waals surface area contributed by atoms with E-state index in [-0.39, 0.29) is 17.7 Å². The molecular weight excluding hydrogens is 272 g/mol. The highest BCUT2D eigenvalue weighted by molar-refractivity contribution is 5.57. The smallest absolute Gasteiger partial charge is 0.316 e. The molecule has 21 heavy (non-hydrogen) atoms. The van der Waals surface area contributed by atoms with E-state index in [0.717, 1.165) is 11.3 Å². The first-order valence-corrected chi connectivity index (χ1v) is 6.49. The fourth-order valence-electron chi connectivity index (χ4n) is 1.72. The lowest BCUT2D eigenvalue weighted by atomic mass is 10.2. The number of methoxy groups -OCH3 is 1. The molecule has 108 valence electrons. The van der Waals surface area contributed by atoms with Gasteiger partial charge in [0, 0.05) is 11.5 Å². The molecule has 0 radical (unpaired) electrons. The molecule has 2 heterocycles. The molecule has 0 aliphatic heterocycles. The van der Waals surface area contributed by atoms with Crippen LogP contribution in [-0.4, -0.2) is 27.4 Å². The molecule has 7 heteroatoms. The Morgan fingerprint density at radius 2 is 1.62 bits per heavy atom. The summed E-state index contributed by atoms with van der Waals surface area (Å²) >= 11 is 0. The number of benzene rings is 1. The predicted molar refractivity (Wildman–Crippen MR) is 73.7 cm³/mol. The summed E-state index contributed by atoms with van der Waals surface area (Å²) in [5, 5.41) is 7.78. The predicted octanol–water partition coefficient (Wildman–Crippen LogP) is 2.92. The van der Waals surface area contributed by atoms with E-state index in [1.54, 1.807) is 7.11 Å². The van der Waals surface area contributed by atoms with Gasteiger partial charge >= 0.3 is 11.8 Å². The van der Waals surface area contributed by atoms with Crippen LogP contribution in [-0.2, 0) is 0 Å². The van der Waals surface area contributed by atoms with Gasteiger partial charge in [0.1, 0.15) is 5.75 Å². The van der Waals surface area contributed by atoms with Gasteiger partial charge in [-0.2, -0.15) is 9.97 Å². The molecule has 0 spiro atoms. The Kier molecular flexibility index (Phi) is 3.39. The number of aromatic nitrogens is 4. The second kappa shape index (κ2) is 5.35. The van der Waals surface area contributed by atoms with Crippen molar-refractivity contribution in [2.24, 2.45) is 0 Å². The summed E-state index contributed by atoms with van der Waals surface area (Å²) in [5.41, 5.74) is 0.814. The van der Waals surface area contributed by atoms with Crippen molar-refractivity contribution in [3.05, 3.63) is 30.1 Å². The fraction of sp³-hybridized carbons (Fsp3) is 0.286. The van der Waals surface area contributed by atoms with E-state index >= 15 is 0 Å². The molecule has 0 fully saturated rings. The first-order chi connectivity index (χ1) is 10.2. The number of nitrogens with zero attached hydrogens (tertiary/aromatic N) is 4. The zero-order valence-corrected chi connectivity index (χ0v) is 11.9. The molecule has 3 aromatic rings. The Morgan fingerprint density at radius 3 is 2.24 bits per heavy atom. The molecule has 2 aromatic heterocycles. The van der Waals surface area contributed by atoms with Crippen LogP contribution in [0, 0.1) is 0 Å². The number of hydrogen-bond acceptors (Lipinski definition) is 7. The van der Waals surface area contributed by atoms with Gasteiger partial charge in [-0.1, -0.05) is 24.2 Å². The lowest BCUT2D eigenvalue weighted by Gasteiger charge is -1.98.